The van der Waals surface area contributed by atoms with E-state index < -0.39 is 21.4 Å². The van der Waals surface area contributed by atoms with E-state index in [4.69, 9.17) is 1.37 Å². The molecule has 19 heavy (non-hydrogen) atoms. The molecule has 0 unspecified atom stereocenters. The van der Waals surface area contributed by atoms with Gasteiger partial charge in [0.05, 0.1) is 0 Å². The summed E-state index contributed by atoms with van der Waals surface area (Å²) in [5.74, 6) is 0.405. The maximum absolute atomic E-state index is 12.4. The Kier molecular flexibility index (Phi) is 4.43. The van der Waals surface area contributed by atoms with Crippen molar-refractivity contribution in [2.75, 3.05) is 18.0 Å². The molecule has 1 aliphatic heterocycles. The Hall–Kier alpha value is -0.970. The summed E-state index contributed by atoms with van der Waals surface area (Å²) in [5, 5.41) is 2.91. The number of carbonyl (C=O) groups is 2. The van der Waals surface area contributed by atoms with Crippen LogP contribution in [0, 0.1) is 5.92 Å². The van der Waals surface area contributed by atoms with Gasteiger partial charge in [-0.25, -0.2) is 0 Å². The first kappa shape index (κ1) is 13.0. The molecule has 0 atom stereocenters. The van der Waals surface area contributed by atoms with Crippen LogP contribution < -0.4 is 10.2 Å². The van der Waals surface area contributed by atoms with E-state index in [0.29, 0.717) is 25.0 Å². The van der Waals surface area contributed by atoms with Gasteiger partial charge in [0.1, 0.15) is 0 Å². The van der Waals surface area contributed by atoms with Crippen LogP contribution in [0.4, 0.5) is 15.3 Å². The fourth-order valence-electron chi connectivity index (χ4n) is 2.17. The van der Waals surface area contributed by atoms with E-state index in [1.165, 1.54) is 0 Å². The third-order valence-electron chi connectivity index (χ3n) is 3.22. The van der Waals surface area contributed by atoms with Crippen LogP contribution in [0.15, 0.2) is 30.3 Å². The van der Waals surface area contributed by atoms with E-state index in [0.717, 1.165) is 9.86 Å². The van der Waals surface area contributed by atoms with Gasteiger partial charge >= 0.3 is 123 Å². The molecule has 1 N–H and O–H groups in total. The molecule has 1 aromatic rings. The van der Waals surface area contributed by atoms with Crippen molar-refractivity contribution in [1.82, 2.24) is 5.32 Å². The zero-order chi connectivity index (χ0) is 14.7. The van der Waals surface area contributed by atoms with Crippen molar-refractivity contribution < 1.29 is 11.0 Å². The molecule has 100 valence electrons. The van der Waals surface area contributed by atoms with Gasteiger partial charge in [0.25, 0.3) is 0 Å². The summed E-state index contributed by atoms with van der Waals surface area (Å²) < 4.78 is 8.31. The summed E-state index contributed by atoms with van der Waals surface area (Å²) >= 11 is -2.85. The third kappa shape index (κ3) is 3.53. The van der Waals surface area contributed by atoms with Crippen molar-refractivity contribution in [1.29, 1.82) is 0 Å². The van der Waals surface area contributed by atoms with Gasteiger partial charge in [0.2, 0.25) is 0 Å². The second-order valence-electron chi connectivity index (χ2n) is 5.23. The average molecular weight is 363 g/mol. The first-order valence-corrected chi connectivity index (χ1v) is 12.3. The molecule has 2 amide bonds. The van der Waals surface area contributed by atoms with E-state index in [1.54, 1.807) is 29.2 Å². The first-order valence-electron chi connectivity index (χ1n) is 7.15. The minimum atomic E-state index is -2.85. The zero-order valence-corrected chi connectivity index (χ0v) is 14.6. The predicted octanol–water partition coefficient (Wildman–Crippen LogP) is 2.65. The Morgan fingerprint density at radius 2 is 2.21 bits per heavy atom. The number of nitrogens with zero attached hydrogens (tertiary/aromatic N) is 1. The minimum absolute atomic E-state index is 0.0325. The molecule has 1 fully saturated rings. The molecule has 4 nitrogen and oxygen atoms in total. The van der Waals surface area contributed by atoms with Crippen molar-refractivity contribution in [3.05, 3.63) is 30.3 Å². The summed E-state index contributed by atoms with van der Waals surface area (Å²) in [5.41, 5.74) is 0.807. The number of hydrogen-bond acceptors (Lipinski definition) is 2. The van der Waals surface area contributed by atoms with E-state index in [2.05, 4.69) is 5.32 Å². The second-order valence-corrected chi connectivity index (χ2v) is 12.9. The molecule has 1 aliphatic rings. The molecule has 0 radical (unpaired) electrons. The van der Waals surface area contributed by atoms with Gasteiger partial charge in [-0.2, -0.15) is 0 Å². The van der Waals surface area contributed by atoms with E-state index in [1.807, 2.05) is 13.8 Å². The number of amides is 2. The zero-order valence-electron chi connectivity index (χ0n) is 12.3. The fourth-order valence-corrected chi connectivity index (χ4v) is 8.64. The number of rotatable bonds is 4. The Bertz CT molecular complexity index is 504. The Morgan fingerprint density at radius 3 is 2.84 bits per heavy atom. The Labute approximate surface area is 123 Å². The molecular formula is C14H19InN2O2. The molecular weight excluding hydrogens is 343 g/mol. The van der Waals surface area contributed by atoms with Gasteiger partial charge in [-0.3, -0.25) is 0 Å². The summed E-state index contributed by atoms with van der Waals surface area (Å²) in [6.07, 6.45) is 0. The van der Waals surface area contributed by atoms with Gasteiger partial charge < -0.3 is 0 Å². The molecule has 1 heterocycles. The second kappa shape index (κ2) is 6.46. The van der Waals surface area contributed by atoms with Crippen molar-refractivity contribution in [2.45, 2.75) is 18.0 Å². The van der Waals surface area contributed by atoms with Crippen LogP contribution in [-0.2, 0) is 0 Å². The standard InChI is InChI=1S/C9H9NO.C5H10NO.In/c1-2-10(8-11)9-6-4-3-5-7-9;1-5(2)3-6-4-7;/h3-7H,1-2H2;5H,3H2,1-2H3,(H,6,7);/i3D;;. The first-order chi connectivity index (χ1) is 9.49. The van der Waals surface area contributed by atoms with E-state index in [-0.39, 0.29) is 7.33 Å². The van der Waals surface area contributed by atoms with Crippen LogP contribution in [0.3, 0.4) is 0 Å². The van der Waals surface area contributed by atoms with E-state index >= 15 is 0 Å². The molecule has 0 aromatic heterocycles. The average Bonchev–Trinajstić information content (AvgIpc) is 2.79. The third-order valence-corrected chi connectivity index (χ3v) is 10.6. The van der Waals surface area contributed by atoms with Crippen LogP contribution in [0.5, 0.6) is 0 Å². The molecule has 0 saturated carbocycles. The summed E-state index contributed by atoms with van der Waals surface area (Å²) in [4.78, 5) is 26.2. The van der Waals surface area contributed by atoms with Crippen LogP contribution in [-0.4, -0.2) is 41.9 Å². The molecule has 1 aromatic carbocycles. The SMILES string of the molecule is [2H]c1ccc(N2C[CH2][In]([C](=O)NCC(C)C)[C]2=O)cc1. The van der Waals surface area contributed by atoms with Crippen molar-refractivity contribution in [2.24, 2.45) is 5.92 Å². The van der Waals surface area contributed by atoms with Gasteiger partial charge in [0, 0.05) is 0 Å². The van der Waals surface area contributed by atoms with Crippen LogP contribution in [0.2, 0.25) is 4.18 Å². The van der Waals surface area contributed by atoms with Gasteiger partial charge in [0.15, 0.2) is 0 Å². The number of hydrogen-bond donors (Lipinski definition) is 1. The topological polar surface area (TPSA) is 49.4 Å². The van der Waals surface area contributed by atoms with Crippen molar-refractivity contribution in [3.8, 4) is 0 Å². The maximum atomic E-state index is 12.4. The van der Waals surface area contributed by atoms with Gasteiger partial charge in [-0.15, -0.1) is 0 Å². The monoisotopic (exact) mass is 363 g/mol. The number of benzene rings is 1. The van der Waals surface area contributed by atoms with Crippen LogP contribution in [0.1, 0.15) is 15.2 Å². The van der Waals surface area contributed by atoms with Crippen molar-refractivity contribution in [3.63, 3.8) is 0 Å². The quantitative estimate of drug-likeness (QED) is 0.894. The predicted molar refractivity (Wildman–Crippen MR) is 78.0 cm³/mol. The molecule has 1 saturated heterocycles. The summed E-state index contributed by atoms with van der Waals surface area (Å²) in [6.45, 7) is 5.38. The van der Waals surface area contributed by atoms with Crippen LogP contribution >= 0.6 is 0 Å². The summed E-state index contributed by atoms with van der Waals surface area (Å²) in [6, 6.07) is 7.32. The molecule has 0 aliphatic carbocycles. The molecule has 0 bridgehead atoms. The Morgan fingerprint density at radius 1 is 1.53 bits per heavy atom. The van der Waals surface area contributed by atoms with Crippen molar-refractivity contribution >= 4 is 34.5 Å². The molecule has 0 spiro atoms. The number of nitrogens with one attached hydrogen (secondary N) is 1. The normalized spacial score (nSPS) is 15.9. The van der Waals surface area contributed by atoms with E-state index in [9.17, 15) is 9.59 Å². The number of carbonyl (C=O) groups excluding carboxylic acids is 2. The molecule has 5 heteroatoms. The fraction of sp³-hybridized carbons (Fsp3) is 0.429. The number of anilines is 1. The Balaban J connectivity index is 2.02. The number of para-hydroxylation sites is 1. The van der Waals surface area contributed by atoms with Gasteiger partial charge in [-0.1, -0.05) is 0 Å². The molecule has 2 rings (SSSR count). The van der Waals surface area contributed by atoms with Gasteiger partial charge in [-0.05, 0) is 0 Å². The van der Waals surface area contributed by atoms with Crippen LogP contribution in [0.25, 0.3) is 0 Å². The summed E-state index contributed by atoms with van der Waals surface area (Å²) in [7, 11) is 0.